The molecule has 0 aliphatic carbocycles. The molecule has 0 aliphatic rings. The van der Waals surface area contributed by atoms with Gasteiger partial charge in [0.25, 0.3) is 0 Å². The molecule has 1 unspecified atom stereocenters. The third-order valence-electron chi connectivity index (χ3n) is 3.27. The van der Waals surface area contributed by atoms with Crippen molar-refractivity contribution in [3.8, 4) is 0 Å². The first-order valence-electron chi connectivity index (χ1n) is 6.48. The average Bonchev–Trinajstić information content (AvgIpc) is 2.43. The van der Waals surface area contributed by atoms with Crippen LogP contribution in [0.15, 0.2) is 30.3 Å². The predicted molar refractivity (Wildman–Crippen MR) is 76.6 cm³/mol. The molecule has 100 valence electrons. The number of aromatic nitrogens is 1. The van der Waals surface area contributed by atoms with Gasteiger partial charge in [0.05, 0.1) is 5.52 Å². The van der Waals surface area contributed by atoms with Gasteiger partial charge in [-0.3, -0.25) is 0 Å². The fraction of sp³-hybridized carbons (Fsp3) is 0.333. The van der Waals surface area contributed by atoms with Crippen LogP contribution in [0.4, 0.5) is 5.69 Å². The van der Waals surface area contributed by atoms with E-state index < -0.39 is 5.97 Å². The lowest BCUT2D eigenvalue weighted by Gasteiger charge is -2.14. The van der Waals surface area contributed by atoms with Crippen LogP contribution >= 0.6 is 0 Å². The number of nitrogens with one attached hydrogen (secondary N) is 1. The van der Waals surface area contributed by atoms with Crippen LogP contribution < -0.4 is 5.32 Å². The summed E-state index contributed by atoms with van der Waals surface area (Å²) in [5, 5.41) is 13.4. The molecule has 0 saturated carbocycles. The lowest BCUT2D eigenvalue weighted by Crippen LogP contribution is -2.12. The van der Waals surface area contributed by atoms with Crippen molar-refractivity contribution in [2.75, 3.05) is 11.9 Å². The molecule has 0 spiro atoms. The first kappa shape index (κ1) is 13.3. The van der Waals surface area contributed by atoms with E-state index in [0.29, 0.717) is 11.4 Å². The van der Waals surface area contributed by atoms with Gasteiger partial charge >= 0.3 is 5.97 Å². The van der Waals surface area contributed by atoms with Crippen LogP contribution in [0.1, 0.15) is 30.8 Å². The fourth-order valence-electron chi connectivity index (χ4n) is 1.86. The van der Waals surface area contributed by atoms with E-state index in [9.17, 15) is 4.79 Å². The fourth-order valence-corrected chi connectivity index (χ4v) is 1.86. The lowest BCUT2D eigenvalue weighted by atomic mass is 10.1. The number of para-hydroxylation sites is 1. The average molecular weight is 258 g/mol. The minimum absolute atomic E-state index is 0.0744. The minimum Gasteiger partial charge on any atom is -0.477 e. The monoisotopic (exact) mass is 258 g/mol. The molecule has 19 heavy (non-hydrogen) atoms. The Morgan fingerprint density at radius 3 is 2.84 bits per heavy atom. The molecule has 4 nitrogen and oxygen atoms in total. The molecular weight excluding hydrogens is 240 g/mol. The summed E-state index contributed by atoms with van der Waals surface area (Å²) in [5.74, 6) is -0.461. The van der Waals surface area contributed by atoms with E-state index in [0.717, 1.165) is 24.0 Å². The molecule has 0 fully saturated rings. The van der Waals surface area contributed by atoms with Crippen molar-refractivity contribution in [3.63, 3.8) is 0 Å². The molecule has 2 N–H and O–H groups in total. The van der Waals surface area contributed by atoms with E-state index in [4.69, 9.17) is 5.11 Å². The third-order valence-corrected chi connectivity index (χ3v) is 3.27. The highest BCUT2D eigenvalue weighted by molar-refractivity contribution is 5.97. The van der Waals surface area contributed by atoms with E-state index in [1.165, 1.54) is 0 Å². The largest absolute Gasteiger partial charge is 0.477 e. The Morgan fingerprint density at radius 1 is 1.42 bits per heavy atom. The van der Waals surface area contributed by atoms with Crippen LogP contribution in [0.5, 0.6) is 0 Å². The third kappa shape index (κ3) is 3.02. The molecule has 2 rings (SSSR count). The van der Waals surface area contributed by atoms with Crippen molar-refractivity contribution < 1.29 is 9.90 Å². The number of anilines is 1. The van der Waals surface area contributed by atoms with Gasteiger partial charge in [-0.2, -0.15) is 0 Å². The summed E-state index contributed by atoms with van der Waals surface area (Å²) in [7, 11) is 0. The van der Waals surface area contributed by atoms with Gasteiger partial charge in [0.1, 0.15) is 0 Å². The van der Waals surface area contributed by atoms with Crippen LogP contribution in [-0.2, 0) is 0 Å². The Balaban J connectivity index is 2.41. The van der Waals surface area contributed by atoms with Gasteiger partial charge in [-0.25, -0.2) is 9.78 Å². The Hall–Kier alpha value is -2.10. The molecule has 0 amide bonds. The number of pyridine rings is 1. The topological polar surface area (TPSA) is 62.2 Å². The molecule has 1 atom stereocenters. The number of rotatable bonds is 5. The first-order valence-corrected chi connectivity index (χ1v) is 6.48. The van der Waals surface area contributed by atoms with Crippen LogP contribution in [0, 0.1) is 5.92 Å². The van der Waals surface area contributed by atoms with E-state index in [1.807, 2.05) is 24.3 Å². The quantitative estimate of drug-likeness (QED) is 0.863. The molecule has 2 aromatic rings. The number of carbonyl (C=O) groups is 1. The van der Waals surface area contributed by atoms with Crippen molar-refractivity contribution in [3.05, 3.63) is 36.0 Å². The smallest absolute Gasteiger partial charge is 0.354 e. The van der Waals surface area contributed by atoms with Gasteiger partial charge in [0.15, 0.2) is 5.69 Å². The van der Waals surface area contributed by atoms with E-state index in [-0.39, 0.29) is 5.69 Å². The van der Waals surface area contributed by atoms with Gasteiger partial charge in [-0.15, -0.1) is 0 Å². The SMILES string of the molecule is CCC(C)CNc1cc(C(=O)O)nc2ccccc12. The van der Waals surface area contributed by atoms with Crippen molar-refractivity contribution in [2.45, 2.75) is 20.3 Å². The number of aromatic carboxylic acids is 1. The maximum absolute atomic E-state index is 11.1. The normalized spacial score (nSPS) is 12.3. The van der Waals surface area contributed by atoms with Gasteiger partial charge in [-0.05, 0) is 18.1 Å². The number of carboxylic acids is 1. The molecule has 0 saturated heterocycles. The zero-order chi connectivity index (χ0) is 13.8. The summed E-state index contributed by atoms with van der Waals surface area (Å²) < 4.78 is 0. The summed E-state index contributed by atoms with van der Waals surface area (Å²) >= 11 is 0. The second-order valence-electron chi connectivity index (χ2n) is 4.77. The zero-order valence-corrected chi connectivity index (χ0v) is 11.2. The Labute approximate surface area is 112 Å². The molecule has 0 bridgehead atoms. The highest BCUT2D eigenvalue weighted by Crippen LogP contribution is 2.23. The summed E-state index contributed by atoms with van der Waals surface area (Å²) in [6.07, 6.45) is 1.09. The summed E-state index contributed by atoms with van der Waals surface area (Å²) in [6, 6.07) is 9.18. The molecular formula is C15H18N2O2. The number of nitrogens with zero attached hydrogens (tertiary/aromatic N) is 1. The molecule has 1 aromatic carbocycles. The number of benzene rings is 1. The molecule has 1 heterocycles. The van der Waals surface area contributed by atoms with Crippen LogP contribution in [0.2, 0.25) is 0 Å². The van der Waals surface area contributed by atoms with Gasteiger partial charge in [-0.1, -0.05) is 38.5 Å². The second kappa shape index (κ2) is 5.69. The van der Waals surface area contributed by atoms with Gasteiger partial charge < -0.3 is 10.4 Å². The van der Waals surface area contributed by atoms with E-state index in [2.05, 4.69) is 24.1 Å². The van der Waals surface area contributed by atoms with E-state index in [1.54, 1.807) is 6.07 Å². The predicted octanol–water partition coefficient (Wildman–Crippen LogP) is 3.39. The maximum atomic E-state index is 11.1. The molecule has 0 aliphatic heterocycles. The molecule has 4 heteroatoms. The number of carboxylic acid groups (broad SMARTS) is 1. The van der Waals surface area contributed by atoms with Crippen molar-refractivity contribution in [1.82, 2.24) is 4.98 Å². The number of hydrogen-bond acceptors (Lipinski definition) is 3. The first-order chi connectivity index (χ1) is 9.11. The Bertz CT molecular complexity index is 596. The van der Waals surface area contributed by atoms with E-state index >= 15 is 0 Å². The Morgan fingerprint density at radius 2 is 2.16 bits per heavy atom. The summed E-state index contributed by atoms with van der Waals surface area (Å²) in [5.41, 5.74) is 1.61. The summed E-state index contributed by atoms with van der Waals surface area (Å²) in [4.78, 5) is 15.2. The maximum Gasteiger partial charge on any atom is 0.354 e. The minimum atomic E-state index is -1.00. The molecule has 1 aromatic heterocycles. The highest BCUT2D eigenvalue weighted by Gasteiger charge is 2.10. The Kier molecular flexibility index (Phi) is 4.00. The lowest BCUT2D eigenvalue weighted by molar-refractivity contribution is 0.0691. The van der Waals surface area contributed by atoms with Crippen LogP contribution in [-0.4, -0.2) is 22.6 Å². The summed E-state index contributed by atoms with van der Waals surface area (Å²) in [6.45, 7) is 5.12. The van der Waals surface area contributed by atoms with Gasteiger partial charge in [0, 0.05) is 17.6 Å². The van der Waals surface area contributed by atoms with Crippen molar-refractivity contribution >= 4 is 22.6 Å². The highest BCUT2D eigenvalue weighted by atomic mass is 16.4. The number of hydrogen-bond donors (Lipinski definition) is 2. The number of fused-ring (bicyclic) bond motifs is 1. The molecule has 0 radical (unpaired) electrons. The van der Waals surface area contributed by atoms with Crippen LogP contribution in [0.3, 0.4) is 0 Å². The van der Waals surface area contributed by atoms with Gasteiger partial charge in [0.2, 0.25) is 0 Å². The second-order valence-corrected chi connectivity index (χ2v) is 4.77. The standard InChI is InChI=1S/C15H18N2O2/c1-3-10(2)9-16-13-8-14(15(18)19)17-12-7-5-4-6-11(12)13/h4-8,10H,3,9H2,1-2H3,(H,16,17)(H,18,19). The van der Waals surface area contributed by atoms with Crippen LogP contribution in [0.25, 0.3) is 10.9 Å². The van der Waals surface area contributed by atoms with Crippen molar-refractivity contribution in [2.24, 2.45) is 5.92 Å². The zero-order valence-electron chi connectivity index (χ0n) is 11.2. The van der Waals surface area contributed by atoms with Crippen molar-refractivity contribution in [1.29, 1.82) is 0 Å².